The van der Waals surface area contributed by atoms with Gasteiger partial charge in [0.15, 0.2) is 11.5 Å². The Hall–Kier alpha value is -3.49. The van der Waals surface area contributed by atoms with Crippen molar-refractivity contribution >= 4 is 23.7 Å². The molecule has 1 saturated heterocycles. The molecule has 1 aromatic heterocycles. The number of halogens is 2. The highest BCUT2D eigenvalue weighted by Gasteiger charge is 2.26. The predicted octanol–water partition coefficient (Wildman–Crippen LogP) is 3.97. The smallest absolute Gasteiger partial charge is 0.387 e. The number of rotatable bonds is 8. The van der Waals surface area contributed by atoms with E-state index < -0.39 is 6.61 Å². The maximum absolute atomic E-state index is 12.5. The normalized spacial score (nSPS) is 14.6. The van der Waals surface area contributed by atoms with Crippen molar-refractivity contribution in [1.82, 2.24) is 9.88 Å². The van der Waals surface area contributed by atoms with Crippen LogP contribution in [-0.2, 0) is 9.59 Å². The van der Waals surface area contributed by atoms with Crippen molar-refractivity contribution in [2.45, 2.75) is 26.4 Å². The Morgan fingerprint density at radius 1 is 1.22 bits per heavy atom. The van der Waals surface area contributed by atoms with Gasteiger partial charge < -0.3 is 19.7 Å². The number of anilines is 1. The molecule has 1 fully saturated rings. The van der Waals surface area contributed by atoms with Crippen LogP contribution in [0, 0.1) is 5.92 Å². The van der Waals surface area contributed by atoms with Crippen LogP contribution in [0.15, 0.2) is 48.7 Å². The second-order valence-corrected chi connectivity index (χ2v) is 7.15. The number of ether oxygens (including phenoxy) is 2. The Morgan fingerprint density at radius 3 is 2.66 bits per heavy atom. The number of alkyl halides is 2. The molecule has 2 aromatic rings. The quantitative estimate of drug-likeness (QED) is 0.622. The molecular formula is C23H25F2N3O4. The van der Waals surface area contributed by atoms with Crippen molar-refractivity contribution in [3.63, 3.8) is 0 Å². The molecule has 2 amide bonds. The molecule has 0 saturated carbocycles. The third-order valence-corrected chi connectivity index (χ3v) is 5.00. The molecule has 2 heterocycles. The Bertz CT molecular complexity index is 946. The van der Waals surface area contributed by atoms with Gasteiger partial charge in [0, 0.05) is 31.3 Å². The molecule has 0 atom stereocenters. The van der Waals surface area contributed by atoms with Gasteiger partial charge in [0.25, 0.3) is 0 Å². The Balaban J connectivity index is 1.54. The summed E-state index contributed by atoms with van der Waals surface area (Å²) in [5, 5.41) is 2.80. The molecule has 1 aromatic carbocycles. The van der Waals surface area contributed by atoms with Gasteiger partial charge in [-0.15, -0.1) is 0 Å². The summed E-state index contributed by atoms with van der Waals surface area (Å²) in [7, 11) is 0. The standard InChI is InChI=1S/C23H25F2N3O4/c1-2-31-19-15-16(6-8-18(19)32-23(24)25)7-9-21(29)28-13-10-17(11-14-28)22(30)27-20-5-3-4-12-26-20/h3-9,12,15,17,23H,2,10-11,13-14H2,1H3,(H,26,27,30). The number of piperidine rings is 1. The topological polar surface area (TPSA) is 80.8 Å². The Kier molecular flexibility index (Phi) is 8.13. The molecule has 9 heteroatoms. The molecule has 7 nitrogen and oxygen atoms in total. The first-order valence-electron chi connectivity index (χ1n) is 10.4. The second kappa shape index (κ2) is 11.2. The fourth-order valence-corrected chi connectivity index (χ4v) is 3.39. The Morgan fingerprint density at radius 2 is 2.00 bits per heavy atom. The number of carbonyl (C=O) groups excluding carboxylic acids is 2. The lowest BCUT2D eigenvalue weighted by atomic mass is 9.96. The number of aromatic nitrogens is 1. The zero-order valence-electron chi connectivity index (χ0n) is 17.7. The minimum atomic E-state index is -2.95. The van der Waals surface area contributed by atoms with Crippen LogP contribution in [0.2, 0.25) is 0 Å². The summed E-state index contributed by atoms with van der Waals surface area (Å²) < 4.78 is 34.8. The lowest BCUT2D eigenvalue weighted by molar-refractivity contribution is -0.130. The zero-order chi connectivity index (χ0) is 22.9. The van der Waals surface area contributed by atoms with E-state index in [0.29, 0.717) is 37.3 Å². The first-order valence-corrected chi connectivity index (χ1v) is 10.4. The fourth-order valence-electron chi connectivity index (χ4n) is 3.39. The van der Waals surface area contributed by atoms with E-state index >= 15 is 0 Å². The summed E-state index contributed by atoms with van der Waals surface area (Å²) in [6.45, 7) is 0.00239. The van der Waals surface area contributed by atoms with Gasteiger partial charge in [-0.05, 0) is 55.7 Å². The number of nitrogens with zero attached hydrogens (tertiary/aromatic N) is 2. The highest BCUT2D eigenvalue weighted by molar-refractivity contribution is 5.93. The van der Waals surface area contributed by atoms with E-state index in [1.54, 1.807) is 54.4 Å². The van der Waals surface area contributed by atoms with Crippen LogP contribution < -0.4 is 14.8 Å². The average molecular weight is 445 g/mol. The summed E-state index contributed by atoms with van der Waals surface area (Å²) in [5.74, 6) is 0.176. The van der Waals surface area contributed by atoms with E-state index in [1.165, 1.54) is 12.1 Å². The van der Waals surface area contributed by atoms with Crippen molar-refractivity contribution in [3.05, 3.63) is 54.2 Å². The van der Waals surface area contributed by atoms with E-state index in [-0.39, 0.29) is 35.8 Å². The first-order chi connectivity index (χ1) is 15.5. The minimum Gasteiger partial charge on any atom is -0.490 e. The summed E-state index contributed by atoms with van der Waals surface area (Å²) in [6, 6.07) is 9.79. The van der Waals surface area contributed by atoms with Crippen LogP contribution in [0.1, 0.15) is 25.3 Å². The van der Waals surface area contributed by atoms with E-state index in [1.807, 2.05) is 0 Å². The molecule has 170 valence electrons. The van der Waals surface area contributed by atoms with E-state index in [4.69, 9.17) is 4.74 Å². The third kappa shape index (κ3) is 6.50. The number of benzene rings is 1. The molecule has 1 aliphatic rings. The summed E-state index contributed by atoms with van der Waals surface area (Å²) >= 11 is 0. The predicted molar refractivity (Wildman–Crippen MR) is 115 cm³/mol. The van der Waals surface area contributed by atoms with Gasteiger partial charge in [0.2, 0.25) is 11.8 Å². The highest BCUT2D eigenvalue weighted by Crippen LogP contribution is 2.30. The molecule has 0 spiro atoms. The fraction of sp³-hybridized carbons (Fsp3) is 0.348. The number of hydrogen-bond acceptors (Lipinski definition) is 5. The van der Waals surface area contributed by atoms with Crippen LogP contribution in [0.3, 0.4) is 0 Å². The van der Waals surface area contributed by atoms with Crippen LogP contribution in [0.5, 0.6) is 11.5 Å². The number of amides is 2. The average Bonchev–Trinajstić information content (AvgIpc) is 2.79. The van der Waals surface area contributed by atoms with Gasteiger partial charge >= 0.3 is 6.61 Å². The van der Waals surface area contributed by atoms with Crippen LogP contribution in [-0.4, -0.2) is 48.0 Å². The van der Waals surface area contributed by atoms with Gasteiger partial charge in [0.1, 0.15) is 5.82 Å². The number of likely N-dealkylation sites (tertiary alicyclic amines) is 1. The number of nitrogens with one attached hydrogen (secondary N) is 1. The van der Waals surface area contributed by atoms with Gasteiger partial charge in [-0.1, -0.05) is 12.1 Å². The molecule has 1 N–H and O–H groups in total. The van der Waals surface area contributed by atoms with Crippen LogP contribution in [0.25, 0.3) is 6.08 Å². The molecule has 0 radical (unpaired) electrons. The molecule has 0 unspecified atom stereocenters. The van der Waals surface area contributed by atoms with Crippen molar-refractivity contribution in [3.8, 4) is 11.5 Å². The van der Waals surface area contributed by atoms with Crippen LogP contribution in [0.4, 0.5) is 14.6 Å². The van der Waals surface area contributed by atoms with Crippen molar-refractivity contribution in [2.24, 2.45) is 5.92 Å². The lowest BCUT2D eigenvalue weighted by Gasteiger charge is -2.30. The summed E-state index contributed by atoms with van der Waals surface area (Å²) in [5.41, 5.74) is 0.619. The molecular weight excluding hydrogens is 420 g/mol. The summed E-state index contributed by atoms with van der Waals surface area (Å²) in [4.78, 5) is 30.7. The molecule has 3 rings (SSSR count). The third-order valence-electron chi connectivity index (χ3n) is 5.00. The first kappa shape index (κ1) is 23.2. The molecule has 0 aliphatic carbocycles. The van der Waals surface area contributed by atoms with Crippen LogP contribution >= 0.6 is 0 Å². The lowest BCUT2D eigenvalue weighted by Crippen LogP contribution is -2.40. The van der Waals surface area contributed by atoms with Crippen molar-refractivity contribution < 1.29 is 27.8 Å². The van der Waals surface area contributed by atoms with Gasteiger partial charge in [-0.25, -0.2) is 4.98 Å². The van der Waals surface area contributed by atoms with E-state index in [2.05, 4.69) is 15.0 Å². The monoisotopic (exact) mass is 445 g/mol. The maximum Gasteiger partial charge on any atom is 0.387 e. The largest absolute Gasteiger partial charge is 0.490 e. The number of pyridine rings is 1. The van der Waals surface area contributed by atoms with E-state index in [0.717, 1.165) is 0 Å². The van der Waals surface area contributed by atoms with Crippen molar-refractivity contribution in [2.75, 3.05) is 25.0 Å². The minimum absolute atomic E-state index is 0.0589. The van der Waals surface area contributed by atoms with Gasteiger partial charge in [-0.2, -0.15) is 8.78 Å². The summed E-state index contributed by atoms with van der Waals surface area (Å²) in [6.07, 6.45) is 5.75. The molecule has 0 bridgehead atoms. The highest BCUT2D eigenvalue weighted by atomic mass is 19.3. The van der Waals surface area contributed by atoms with Gasteiger partial charge in [0.05, 0.1) is 6.61 Å². The number of carbonyl (C=O) groups is 2. The molecule has 32 heavy (non-hydrogen) atoms. The molecule has 1 aliphatic heterocycles. The maximum atomic E-state index is 12.5. The SMILES string of the molecule is CCOc1cc(C=CC(=O)N2CCC(C(=O)Nc3ccccn3)CC2)ccc1OC(F)F. The van der Waals surface area contributed by atoms with E-state index in [9.17, 15) is 18.4 Å². The second-order valence-electron chi connectivity index (χ2n) is 7.15. The zero-order valence-corrected chi connectivity index (χ0v) is 17.7. The van der Waals surface area contributed by atoms with Crippen molar-refractivity contribution in [1.29, 1.82) is 0 Å². The number of hydrogen-bond donors (Lipinski definition) is 1. The Labute approximate surface area is 185 Å². The van der Waals surface area contributed by atoms with Gasteiger partial charge in [-0.3, -0.25) is 9.59 Å².